The number of hydrogen-bond donors (Lipinski definition) is 1. The largest absolute Gasteiger partial charge is 0.441 e. The highest BCUT2D eigenvalue weighted by molar-refractivity contribution is 6.04. The molecule has 0 aliphatic carbocycles. The molecule has 1 N–H and O–H groups in total. The monoisotopic (exact) mass is 430 g/mol. The zero-order chi connectivity index (χ0) is 21.9. The number of fused-ring (bicyclic) bond motifs is 1. The maximum atomic E-state index is 12.8. The van der Waals surface area contributed by atoms with Gasteiger partial charge in [0.1, 0.15) is 5.76 Å². The number of ether oxygens (including phenoxy) is 1. The summed E-state index contributed by atoms with van der Waals surface area (Å²) in [5.41, 5.74) is 3.03. The van der Waals surface area contributed by atoms with Gasteiger partial charge < -0.3 is 19.0 Å². The number of nitrogens with one attached hydrogen (secondary N) is 1. The Morgan fingerprint density at radius 3 is 2.69 bits per heavy atom. The zero-order valence-electron chi connectivity index (χ0n) is 18.1. The predicted octanol–water partition coefficient (Wildman–Crippen LogP) is 4.19. The van der Waals surface area contributed by atoms with E-state index in [2.05, 4.69) is 38.1 Å². The van der Waals surface area contributed by atoms with Gasteiger partial charge in [-0.3, -0.25) is 9.69 Å². The van der Waals surface area contributed by atoms with E-state index in [9.17, 15) is 4.79 Å². The van der Waals surface area contributed by atoms with E-state index in [-0.39, 0.29) is 5.91 Å². The second-order valence-electron chi connectivity index (χ2n) is 7.98. The van der Waals surface area contributed by atoms with E-state index in [1.54, 1.807) is 6.92 Å². The van der Waals surface area contributed by atoms with Crippen LogP contribution in [-0.4, -0.2) is 53.2 Å². The Hall–Kier alpha value is -3.42. The van der Waals surface area contributed by atoms with E-state index in [0.717, 1.165) is 61.5 Å². The van der Waals surface area contributed by atoms with E-state index in [0.29, 0.717) is 17.3 Å². The smallest absolute Gasteiger partial charge is 0.277 e. The standard InChI is InChI=1S/C25H26N4O3/c1-18-23(27-25(32-18)19-5-3-2-4-6-19)24(30)26-21-7-8-22-20(17-21)9-10-29(22)12-11-28-13-15-31-16-14-28/h2-10,17H,11-16H2,1H3,(H,26,30). The summed E-state index contributed by atoms with van der Waals surface area (Å²) in [6, 6.07) is 17.6. The molecule has 1 saturated heterocycles. The minimum absolute atomic E-state index is 0.278. The zero-order valence-corrected chi connectivity index (χ0v) is 18.1. The van der Waals surface area contributed by atoms with Crippen LogP contribution >= 0.6 is 0 Å². The van der Waals surface area contributed by atoms with Crippen molar-refractivity contribution in [1.82, 2.24) is 14.5 Å². The second-order valence-corrected chi connectivity index (χ2v) is 7.98. The Bertz CT molecular complexity index is 1220. The SMILES string of the molecule is Cc1oc(-c2ccccc2)nc1C(=O)Nc1ccc2c(ccn2CCN2CCOCC2)c1. The average molecular weight is 431 g/mol. The number of carbonyl (C=O) groups is 1. The summed E-state index contributed by atoms with van der Waals surface area (Å²) < 4.78 is 13.4. The maximum absolute atomic E-state index is 12.8. The lowest BCUT2D eigenvalue weighted by atomic mass is 10.2. The highest BCUT2D eigenvalue weighted by Crippen LogP contribution is 2.24. The summed E-state index contributed by atoms with van der Waals surface area (Å²) in [5, 5.41) is 4.05. The van der Waals surface area contributed by atoms with Crippen LogP contribution in [0.4, 0.5) is 5.69 Å². The minimum atomic E-state index is -0.278. The van der Waals surface area contributed by atoms with Crippen molar-refractivity contribution in [2.75, 3.05) is 38.2 Å². The molecule has 1 aliphatic heterocycles. The van der Waals surface area contributed by atoms with Gasteiger partial charge in [0.2, 0.25) is 5.89 Å². The molecule has 2 aromatic carbocycles. The predicted molar refractivity (Wildman–Crippen MR) is 124 cm³/mol. The number of amides is 1. The van der Waals surface area contributed by atoms with Crippen LogP contribution in [0.5, 0.6) is 0 Å². The molecule has 1 aliphatic rings. The van der Waals surface area contributed by atoms with Crippen LogP contribution in [-0.2, 0) is 11.3 Å². The van der Waals surface area contributed by atoms with Gasteiger partial charge in [-0.1, -0.05) is 18.2 Å². The number of aromatic nitrogens is 2. The van der Waals surface area contributed by atoms with Gasteiger partial charge in [0.15, 0.2) is 5.69 Å². The molecule has 0 atom stereocenters. The molecular formula is C25H26N4O3. The maximum Gasteiger partial charge on any atom is 0.277 e. The molecule has 5 rings (SSSR count). The first-order valence-electron chi connectivity index (χ1n) is 10.9. The number of anilines is 1. The lowest BCUT2D eigenvalue weighted by Gasteiger charge is -2.26. The lowest BCUT2D eigenvalue weighted by molar-refractivity contribution is 0.0365. The van der Waals surface area contributed by atoms with E-state index in [1.807, 2.05) is 42.5 Å². The van der Waals surface area contributed by atoms with Crippen molar-refractivity contribution in [3.05, 3.63) is 72.2 Å². The van der Waals surface area contributed by atoms with Crippen molar-refractivity contribution in [2.24, 2.45) is 0 Å². The van der Waals surface area contributed by atoms with Crippen molar-refractivity contribution in [2.45, 2.75) is 13.5 Å². The van der Waals surface area contributed by atoms with Gasteiger partial charge in [0.05, 0.1) is 13.2 Å². The highest BCUT2D eigenvalue weighted by atomic mass is 16.5. The number of nitrogens with zero attached hydrogens (tertiary/aromatic N) is 3. The number of hydrogen-bond acceptors (Lipinski definition) is 5. The molecule has 1 fully saturated rings. The van der Waals surface area contributed by atoms with E-state index < -0.39 is 0 Å². The Labute approximate surface area is 186 Å². The van der Waals surface area contributed by atoms with E-state index >= 15 is 0 Å². The van der Waals surface area contributed by atoms with Crippen molar-refractivity contribution in [3.8, 4) is 11.5 Å². The number of aryl methyl sites for hydroxylation is 1. The molecule has 7 heteroatoms. The third-order valence-corrected chi connectivity index (χ3v) is 5.82. The van der Waals surface area contributed by atoms with Crippen LogP contribution in [0.15, 0.2) is 65.2 Å². The number of benzene rings is 2. The Morgan fingerprint density at radius 2 is 1.88 bits per heavy atom. The number of carbonyl (C=O) groups excluding carboxylic acids is 1. The minimum Gasteiger partial charge on any atom is -0.441 e. The lowest BCUT2D eigenvalue weighted by Crippen LogP contribution is -2.38. The number of morpholine rings is 1. The van der Waals surface area contributed by atoms with Gasteiger partial charge in [0, 0.05) is 54.5 Å². The first kappa shape index (κ1) is 20.5. The van der Waals surface area contributed by atoms with Gasteiger partial charge in [-0.05, 0) is 43.3 Å². The summed E-state index contributed by atoms with van der Waals surface area (Å²) in [6.07, 6.45) is 2.10. The molecule has 164 valence electrons. The molecule has 7 nitrogen and oxygen atoms in total. The molecule has 0 saturated carbocycles. The topological polar surface area (TPSA) is 72.5 Å². The summed E-state index contributed by atoms with van der Waals surface area (Å²) >= 11 is 0. The molecule has 3 heterocycles. The fraction of sp³-hybridized carbons (Fsp3) is 0.280. The van der Waals surface area contributed by atoms with E-state index in [4.69, 9.17) is 9.15 Å². The molecule has 32 heavy (non-hydrogen) atoms. The summed E-state index contributed by atoms with van der Waals surface area (Å²) in [7, 11) is 0. The average Bonchev–Trinajstić information content (AvgIpc) is 3.42. The van der Waals surface area contributed by atoms with Gasteiger partial charge in [-0.15, -0.1) is 0 Å². The third-order valence-electron chi connectivity index (χ3n) is 5.82. The summed E-state index contributed by atoms with van der Waals surface area (Å²) in [4.78, 5) is 19.7. The van der Waals surface area contributed by atoms with Crippen LogP contribution < -0.4 is 5.32 Å². The van der Waals surface area contributed by atoms with Crippen molar-refractivity contribution in [1.29, 1.82) is 0 Å². The fourth-order valence-corrected chi connectivity index (χ4v) is 4.05. The molecule has 0 bridgehead atoms. The first-order chi connectivity index (χ1) is 15.7. The van der Waals surface area contributed by atoms with Crippen LogP contribution in [0.3, 0.4) is 0 Å². The van der Waals surface area contributed by atoms with Gasteiger partial charge >= 0.3 is 0 Å². The van der Waals surface area contributed by atoms with E-state index in [1.165, 1.54) is 0 Å². The quantitative estimate of drug-likeness (QED) is 0.497. The molecule has 0 unspecified atom stereocenters. The van der Waals surface area contributed by atoms with Gasteiger partial charge in [-0.2, -0.15) is 0 Å². The Balaban J connectivity index is 1.28. The number of rotatable bonds is 6. The first-order valence-corrected chi connectivity index (χ1v) is 10.9. The molecule has 0 spiro atoms. The molecule has 0 radical (unpaired) electrons. The van der Waals surface area contributed by atoms with Crippen LogP contribution in [0.2, 0.25) is 0 Å². The van der Waals surface area contributed by atoms with Crippen molar-refractivity contribution < 1.29 is 13.9 Å². The fourth-order valence-electron chi connectivity index (χ4n) is 4.05. The second kappa shape index (κ2) is 8.98. The van der Waals surface area contributed by atoms with Crippen molar-refractivity contribution in [3.63, 3.8) is 0 Å². The molecule has 2 aromatic heterocycles. The highest BCUT2D eigenvalue weighted by Gasteiger charge is 2.18. The van der Waals surface area contributed by atoms with Crippen LogP contribution in [0.25, 0.3) is 22.4 Å². The third kappa shape index (κ3) is 4.30. The summed E-state index contributed by atoms with van der Waals surface area (Å²) in [6.45, 7) is 7.29. The van der Waals surface area contributed by atoms with Crippen LogP contribution in [0, 0.1) is 6.92 Å². The Kier molecular flexibility index (Phi) is 5.75. The molecular weight excluding hydrogens is 404 g/mol. The molecule has 4 aromatic rings. The van der Waals surface area contributed by atoms with Crippen molar-refractivity contribution >= 4 is 22.5 Å². The molecule has 1 amide bonds. The van der Waals surface area contributed by atoms with Crippen LogP contribution in [0.1, 0.15) is 16.2 Å². The number of oxazole rings is 1. The summed E-state index contributed by atoms with van der Waals surface area (Å²) in [5.74, 6) is 0.664. The Morgan fingerprint density at radius 1 is 1.06 bits per heavy atom. The normalized spacial score (nSPS) is 14.7. The van der Waals surface area contributed by atoms with Gasteiger partial charge in [-0.25, -0.2) is 4.98 Å². The van der Waals surface area contributed by atoms with Gasteiger partial charge in [0.25, 0.3) is 5.91 Å².